The SMILES string of the molecule is CC(=O)C1=CCC[C@H]1[C@@H](O)CO. The van der Waals surface area contributed by atoms with Crippen LogP contribution in [0.4, 0.5) is 0 Å². The number of hydrogen-bond donors (Lipinski definition) is 2. The fourth-order valence-corrected chi connectivity index (χ4v) is 1.66. The molecule has 12 heavy (non-hydrogen) atoms. The molecule has 2 atom stereocenters. The van der Waals surface area contributed by atoms with Crippen molar-refractivity contribution >= 4 is 5.78 Å². The summed E-state index contributed by atoms with van der Waals surface area (Å²) in [5, 5.41) is 18.0. The number of carbonyl (C=O) groups is 1. The minimum atomic E-state index is -0.775. The smallest absolute Gasteiger partial charge is 0.155 e. The molecule has 2 N–H and O–H groups in total. The zero-order valence-corrected chi connectivity index (χ0v) is 7.16. The van der Waals surface area contributed by atoms with Gasteiger partial charge in [-0.25, -0.2) is 0 Å². The Morgan fingerprint density at radius 1 is 1.83 bits per heavy atom. The molecule has 0 amide bonds. The maximum atomic E-state index is 11.0. The minimum Gasteiger partial charge on any atom is -0.394 e. The van der Waals surface area contributed by atoms with Gasteiger partial charge in [-0.3, -0.25) is 4.79 Å². The molecule has 0 saturated heterocycles. The molecule has 0 bridgehead atoms. The molecule has 0 unspecified atom stereocenters. The highest BCUT2D eigenvalue weighted by molar-refractivity contribution is 5.94. The highest BCUT2D eigenvalue weighted by atomic mass is 16.3. The Morgan fingerprint density at radius 3 is 3.00 bits per heavy atom. The molecule has 0 spiro atoms. The molecule has 68 valence electrons. The van der Waals surface area contributed by atoms with Crippen molar-refractivity contribution in [2.24, 2.45) is 5.92 Å². The van der Waals surface area contributed by atoms with Crippen molar-refractivity contribution in [2.45, 2.75) is 25.9 Å². The van der Waals surface area contributed by atoms with Gasteiger partial charge in [0.2, 0.25) is 0 Å². The molecule has 0 aromatic carbocycles. The maximum absolute atomic E-state index is 11.0. The van der Waals surface area contributed by atoms with Gasteiger partial charge >= 0.3 is 0 Å². The summed E-state index contributed by atoms with van der Waals surface area (Å²) < 4.78 is 0. The number of rotatable bonds is 3. The van der Waals surface area contributed by atoms with Gasteiger partial charge in [-0.15, -0.1) is 0 Å². The summed E-state index contributed by atoms with van der Waals surface area (Å²) in [7, 11) is 0. The van der Waals surface area contributed by atoms with Crippen LogP contribution in [0, 0.1) is 5.92 Å². The van der Waals surface area contributed by atoms with Crippen molar-refractivity contribution in [3.05, 3.63) is 11.6 Å². The van der Waals surface area contributed by atoms with Crippen molar-refractivity contribution in [1.82, 2.24) is 0 Å². The van der Waals surface area contributed by atoms with E-state index < -0.39 is 6.10 Å². The standard InChI is InChI=1S/C9H14O3/c1-6(11)7-3-2-4-8(7)9(12)5-10/h3,8-10,12H,2,4-5H2,1H3/t8-,9+/m1/s1. The third kappa shape index (κ3) is 1.73. The quantitative estimate of drug-likeness (QED) is 0.639. The van der Waals surface area contributed by atoms with Crippen LogP contribution in [-0.2, 0) is 4.79 Å². The lowest BCUT2D eigenvalue weighted by atomic mass is 9.93. The average Bonchev–Trinajstić information content (AvgIpc) is 2.50. The van der Waals surface area contributed by atoms with E-state index in [2.05, 4.69) is 0 Å². The Labute approximate surface area is 71.7 Å². The van der Waals surface area contributed by atoms with Gasteiger partial charge in [0.15, 0.2) is 5.78 Å². The molecule has 1 aliphatic carbocycles. The minimum absolute atomic E-state index is 0.00463. The third-order valence-corrected chi connectivity index (χ3v) is 2.30. The van der Waals surface area contributed by atoms with E-state index in [0.29, 0.717) is 5.57 Å². The van der Waals surface area contributed by atoms with Crippen molar-refractivity contribution in [2.75, 3.05) is 6.61 Å². The molecular formula is C9H14O3. The topological polar surface area (TPSA) is 57.5 Å². The van der Waals surface area contributed by atoms with Crippen LogP contribution < -0.4 is 0 Å². The van der Waals surface area contributed by atoms with E-state index in [4.69, 9.17) is 5.11 Å². The van der Waals surface area contributed by atoms with Gasteiger partial charge in [0.1, 0.15) is 0 Å². The van der Waals surface area contributed by atoms with E-state index in [9.17, 15) is 9.90 Å². The van der Waals surface area contributed by atoms with Crippen LogP contribution in [-0.4, -0.2) is 28.7 Å². The first-order valence-electron chi connectivity index (χ1n) is 4.16. The Balaban J connectivity index is 2.67. The van der Waals surface area contributed by atoms with Crippen LogP contribution in [0.3, 0.4) is 0 Å². The molecule has 3 nitrogen and oxygen atoms in total. The molecule has 1 aliphatic rings. The number of ketones is 1. The van der Waals surface area contributed by atoms with Gasteiger partial charge in [-0.2, -0.15) is 0 Å². The Hall–Kier alpha value is -0.670. The second-order valence-electron chi connectivity index (χ2n) is 3.15. The number of hydrogen-bond acceptors (Lipinski definition) is 3. The predicted molar refractivity (Wildman–Crippen MR) is 44.6 cm³/mol. The van der Waals surface area contributed by atoms with Gasteiger partial charge in [-0.05, 0) is 25.3 Å². The largest absolute Gasteiger partial charge is 0.394 e. The fraction of sp³-hybridized carbons (Fsp3) is 0.667. The zero-order chi connectivity index (χ0) is 9.14. The number of aliphatic hydroxyl groups is 2. The normalized spacial score (nSPS) is 25.2. The summed E-state index contributed by atoms with van der Waals surface area (Å²) in [6.07, 6.45) is 2.68. The zero-order valence-electron chi connectivity index (χ0n) is 7.16. The van der Waals surface area contributed by atoms with Gasteiger partial charge < -0.3 is 10.2 Å². The summed E-state index contributed by atoms with van der Waals surface area (Å²) in [6, 6.07) is 0. The van der Waals surface area contributed by atoms with E-state index in [0.717, 1.165) is 12.8 Å². The van der Waals surface area contributed by atoms with Crippen molar-refractivity contribution < 1.29 is 15.0 Å². The highest BCUT2D eigenvalue weighted by Gasteiger charge is 2.28. The van der Waals surface area contributed by atoms with E-state index in [1.807, 2.05) is 6.08 Å². The van der Waals surface area contributed by atoms with Gasteiger partial charge in [-0.1, -0.05) is 6.08 Å². The van der Waals surface area contributed by atoms with Crippen LogP contribution in [0.2, 0.25) is 0 Å². The summed E-state index contributed by atoms with van der Waals surface area (Å²) in [4.78, 5) is 11.0. The first kappa shape index (κ1) is 9.42. The summed E-state index contributed by atoms with van der Waals surface area (Å²) in [5.74, 6) is -0.141. The molecular weight excluding hydrogens is 156 g/mol. The number of aliphatic hydroxyl groups excluding tert-OH is 2. The monoisotopic (exact) mass is 170 g/mol. The van der Waals surface area contributed by atoms with Crippen LogP contribution in [0.1, 0.15) is 19.8 Å². The second kappa shape index (κ2) is 3.83. The number of allylic oxidation sites excluding steroid dienone is 1. The summed E-state index contributed by atoms with van der Waals surface area (Å²) in [6.45, 7) is 1.23. The molecule has 1 rings (SSSR count). The highest BCUT2D eigenvalue weighted by Crippen LogP contribution is 2.29. The van der Waals surface area contributed by atoms with Gasteiger partial charge in [0.05, 0.1) is 12.7 Å². The van der Waals surface area contributed by atoms with E-state index in [1.165, 1.54) is 6.92 Å². The molecule has 0 aromatic heterocycles. The van der Waals surface area contributed by atoms with E-state index in [1.54, 1.807) is 0 Å². The van der Waals surface area contributed by atoms with Gasteiger partial charge in [0, 0.05) is 5.92 Å². The number of carbonyl (C=O) groups excluding carboxylic acids is 1. The maximum Gasteiger partial charge on any atom is 0.155 e. The molecule has 0 aliphatic heterocycles. The van der Waals surface area contributed by atoms with Crippen LogP contribution in [0.5, 0.6) is 0 Å². The first-order valence-corrected chi connectivity index (χ1v) is 4.16. The third-order valence-electron chi connectivity index (χ3n) is 2.30. The van der Waals surface area contributed by atoms with Gasteiger partial charge in [0.25, 0.3) is 0 Å². The second-order valence-corrected chi connectivity index (χ2v) is 3.15. The molecule has 0 heterocycles. The number of Topliss-reactive ketones (excluding diaryl/α,β-unsaturated/α-hetero) is 1. The molecule has 0 fully saturated rings. The molecule has 0 saturated carbocycles. The van der Waals surface area contributed by atoms with Crippen molar-refractivity contribution in [1.29, 1.82) is 0 Å². The summed E-state index contributed by atoms with van der Waals surface area (Å²) >= 11 is 0. The van der Waals surface area contributed by atoms with Crippen LogP contribution >= 0.6 is 0 Å². The van der Waals surface area contributed by atoms with Crippen molar-refractivity contribution in [3.8, 4) is 0 Å². The summed E-state index contributed by atoms with van der Waals surface area (Å²) in [5.41, 5.74) is 0.677. The van der Waals surface area contributed by atoms with E-state index >= 15 is 0 Å². The first-order chi connectivity index (χ1) is 5.66. The predicted octanol–water partition coefficient (Wildman–Crippen LogP) is 0.265. The Bertz CT molecular complexity index is 208. The van der Waals surface area contributed by atoms with Crippen LogP contribution in [0.15, 0.2) is 11.6 Å². The lowest BCUT2D eigenvalue weighted by molar-refractivity contribution is -0.114. The molecule has 0 aromatic rings. The fourth-order valence-electron chi connectivity index (χ4n) is 1.66. The lowest BCUT2D eigenvalue weighted by Crippen LogP contribution is -2.25. The Morgan fingerprint density at radius 2 is 2.50 bits per heavy atom. The van der Waals surface area contributed by atoms with Crippen LogP contribution in [0.25, 0.3) is 0 Å². The Kier molecular flexibility index (Phi) is 3.00. The van der Waals surface area contributed by atoms with Crippen molar-refractivity contribution in [3.63, 3.8) is 0 Å². The van der Waals surface area contributed by atoms with E-state index in [-0.39, 0.29) is 18.3 Å². The molecule has 3 heteroatoms. The lowest BCUT2D eigenvalue weighted by Gasteiger charge is -2.17. The molecule has 0 radical (unpaired) electrons. The average molecular weight is 170 g/mol.